The van der Waals surface area contributed by atoms with E-state index in [0.717, 1.165) is 21.9 Å². The summed E-state index contributed by atoms with van der Waals surface area (Å²) in [6.45, 7) is 0. The van der Waals surface area contributed by atoms with Gasteiger partial charge in [0.05, 0.1) is 0 Å². The molecule has 0 fully saturated rings. The minimum atomic E-state index is 0.902. The average molecular weight is 597 g/mol. The second-order valence-electron chi connectivity index (χ2n) is 12.4. The molecule has 0 atom stereocenters. The fourth-order valence-electron chi connectivity index (χ4n) is 7.74. The lowest BCUT2D eigenvalue weighted by Crippen LogP contribution is -1.93. The Morgan fingerprint density at radius 3 is 1.60 bits per heavy atom. The zero-order valence-corrected chi connectivity index (χ0v) is 25.6. The minimum absolute atomic E-state index is 0.902. The van der Waals surface area contributed by atoms with E-state index in [4.69, 9.17) is 4.42 Å². The lowest BCUT2D eigenvalue weighted by Gasteiger charge is -2.20. The van der Waals surface area contributed by atoms with Gasteiger partial charge in [0.1, 0.15) is 11.2 Å². The van der Waals surface area contributed by atoms with Crippen LogP contribution in [0.1, 0.15) is 0 Å². The van der Waals surface area contributed by atoms with E-state index in [1.807, 2.05) is 6.07 Å². The smallest absolute Gasteiger partial charge is 0.136 e. The maximum absolute atomic E-state index is 6.50. The second kappa shape index (κ2) is 10.2. The van der Waals surface area contributed by atoms with Crippen molar-refractivity contribution in [3.05, 3.63) is 170 Å². The first-order chi connectivity index (χ1) is 23.3. The van der Waals surface area contributed by atoms with E-state index in [1.54, 1.807) is 0 Å². The normalized spacial score (nSPS) is 11.8. The van der Waals surface area contributed by atoms with Crippen molar-refractivity contribution in [2.24, 2.45) is 0 Å². The quantitative estimate of drug-likeness (QED) is 0.185. The summed E-state index contributed by atoms with van der Waals surface area (Å²) in [6.07, 6.45) is 0. The van der Waals surface area contributed by atoms with Crippen LogP contribution in [-0.2, 0) is 0 Å². The van der Waals surface area contributed by atoms with Crippen LogP contribution in [0.4, 0.5) is 0 Å². The first-order valence-corrected chi connectivity index (χ1v) is 16.2. The molecular formula is C46H28O. The van der Waals surface area contributed by atoms with Crippen molar-refractivity contribution in [2.75, 3.05) is 0 Å². The molecule has 10 aromatic rings. The molecule has 0 saturated carbocycles. The van der Waals surface area contributed by atoms with Gasteiger partial charge in [0.2, 0.25) is 0 Å². The first kappa shape index (κ1) is 26.1. The molecule has 1 heterocycles. The zero-order chi connectivity index (χ0) is 30.9. The van der Waals surface area contributed by atoms with Gasteiger partial charge in [0.25, 0.3) is 0 Å². The Kier molecular flexibility index (Phi) is 5.64. The van der Waals surface area contributed by atoms with Crippen molar-refractivity contribution in [3.63, 3.8) is 0 Å². The molecule has 47 heavy (non-hydrogen) atoms. The molecule has 1 aromatic heterocycles. The molecule has 0 amide bonds. The highest BCUT2D eigenvalue weighted by Crippen LogP contribution is 2.49. The number of furan rings is 1. The summed E-state index contributed by atoms with van der Waals surface area (Å²) < 4.78 is 6.50. The summed E-state index contributed by atoms with van der Waals surface area (Å²) in [4.78, 5) is 0. The van der Waals surface area contributed by atoms with E-state index in [-0.39, 0.29) is 0 Å². The van der Waals surface area contributed by atoms with Crippen molar-refractivity contribution < 1.29 is 4.42 Å². The van der Waals surface area contributed by atoms with Gasteiger partial charge in [-0.1, -0.05) is 146 Å². The number of hydrogen-bond donors (Lipinski definition) is 0. The van der Waals surface area contributed by atoms with Gasteiger partial charge in [-0.3, -0.25) is 0 Å². The zero-order valence-electron chi connectivity index (χ0n) is 25.6. The minimum Gasteiger partial charge on any atom is -0.456 e. The average Bonchev–Trinajstić information content (AvgIpc) is 3.50. The van der Waals surface area contributed by atoms with Crippen LogP contribution in [-0.4, -0.2) is 0 Å². The fourth-order valence-corrected chi connectivity index (χ4v) is 7.74. The van der Waals surface area contributed by atoms with E-state index >= 15 is 0 Å². The molecule has 218 valence electrons. The molecule has 0 aliphatic carbocycles. The number of fused-ring (bicyclic) bond motifs is 7. The van der Waals surface area contributed by atoms with Crippen LogP contribution in [0, 0.1) is 0 Å². The van der Waals surface area contributed by atoms with Gasteiger partial charge in [-0.2, -0.15) is 0 Å². The Bertz CT molecular complexity index is 2790. The lowest BCUT2D eigenvalue weighted by molar-refractivity contribution is 0.669. The van der Waals surface area contributed by atoms with Crippen molar-refractivity contribution in [3.8, 4) is 33.4 Å². The maximum Gasteiger partial charge on any atom is 0.136 e. The largest absolute Gasteiger partial charge is 0.456 e. The summed E-state index contributed by atoms with van der Waals surface area (Å²) >= 11 is 0. The molecule has 0 aliphatic heterocycles. The highest BCUT2D eigenvalue weighted by atomic mass is 16.3. The monoisotopic (exact) mass is 596 g/mol. The van der Waals surface area contributed by atoms with Gasteiger partial charge >= 0.3 is 0 Å². The summed E-state index contributed by atoms with van der Waals surface area (Å²) in [5, 5.41) is 12.2. The molecule has 0 radical (unpaired) electrons. The fraction of sp³-hybridized carbons (Fsp3) is 0. The third-order valence-electron chi connectivity index (χ3n) is 9.84. The predicted octanol–water partition coefficient (Wildman–Crippen LogP) is 13.2. The Hall–Kier alpha value is -6.18. The summed E-state index contributed by atoms with van der Waals surface area (Å²) in [5.41, 5.74) is 9.13. The molecule has 1 heteroatoms. The van der Waals surface area contributed by atoms with Crippen molar-refractivity contribution >= 4 is 65.0 Å². The molecule has 1 nitrogen and oxygen atoms in total. The first-order valence-electron chi connectivity index (χ1n) is 16.2. The van der Waals surface area contributed by atoms with E-state index in [2.05, 4.69) is 164 Å². The van der Waals surface area contributed by atoms with Gasteiger partial charge in [-0.15, -0.1) is 0 Å². The topological polar surface area (TPSA) is 13.1 Å². The number of para-hydroxylation sites is 1. The van der Waals surface area contributed by atoms with Crippen LogP contribution < -0.4 is 0 Å². The van der Waals surface area contributed by atoms with Crippen LogP contribution in [0.3, 0.4) is 0 Å². The Labute approximate surface area is 271 Å². The SMILES string of the molecule is c1ccc2cc(-c3c4ccccc4c(-c4cc5c(cc4-c4cccc6ccccc46)oc4ccccc45)c4ccccc34)ccc2c1. The van der Waals surface area contributed by atoms with Crippen molar-refractivity contribution in [2.45, 2.75) is 0 Å². The molecule has 0 N–H and O–H groups in total. The molecule has 10 rings (SSSR count). The van der Waals surface area contributed by atoms with Crippen molar-refractivity contribution in [1.82, 2.24) is 0 Å². The van der Waals surface area contributed by atoms with E-state index in [1.165, 1.54) is 76.5 Å². The number of rotatable bonds is 3. The predicted molar refractivity (Wildman–Crippen MR) is 200 cm³/mol. The van der Waals surface area contributed by atoms with Gasteiger partial charge in [-0.05, 0) is 101 Å². The van der Waals surface area contributed by atoms with Gasteiger partial charge in [-0.25, -0.2) is 0 Å². The van der Waals surface area contributed by atoms with Crippen LogP contribution in [0.5, 0.6) is 0 Å². The molecule has 0 unspecified atom stereocenters. The Morgan fingerprint density at radius 2 is 0.851 bits per heavy atom. The van der Waals surface area contributed by atoms with Gasteiger partial charge in [0.15, 0.2) is 0 Å². The van der Waals surface area contributed by atoms with Gasteiger partial charge in [0, 0.05) is 10.8 Å². The second-order valence-corrected chi connectivity index (χ2v) is 12.4. The molecule has 0 bridgehead atoms. The number of hydrogen-bond acceptors (Lipinski definition) is 1. The van der Waals surface area contributed by atoms with Gasteiger partial charge < -0.3 is 4.42 Å². The van der Waals surface area contributed by atoms with E-state index in [0.29, 0.717) is 0 Å². The summed E-state index contributed by atoms with van der Waals surface area (Å²) in [6, 6.07) is 61.7. The molecule has 0 aliphatic rings. The Balaban J connectivity index is 1.38. The molecular weight excluding hydrogens is 569 g/mol. The Morgan fingerprint density at radius 1 is 0.277 bits per heavy atom. The van der Waals surface area contributed by atoms with Crippen LogP contribution in [0.2, 0.25) is 0 Å². The molecule has 0 spiro atoms. The standard InChI is InChI=1S/C46H28O/c1-2-14-31-26-32(25-24-29(31)12-1)45-36-18-5-7-20-38(36)46(39-21-8-6-19-37(39)45)42-27-41-35-17-9-10-23-43(35)47-44(41)28-40(42)34-22-11-15-30-13-3-4-16-33(30)34/h1-28H. The number of benzene rings is 9. The maximum atomic E-state index is 6.50. The van der Waals surface area contributed by atoms with E-state index < -0.39 is 0 Å². The van der Waals surface area contributed by atoms with E-state index in [9.17, 15) is 0 Å². The van der Waals surface area contributed by atoms with Crippen LogP contribution in [0.15, 0.2) is 174 Å². The molecule has 9 aromatic carbocycles. The van der Waals surface area contributed by atoms with Crippen molar-refractivity contribution in [1.29, 1.82) is 0 Å². The highest BCUT2D eigenvalue weighted by molar-refractivity contribution is 6.24. The molecule has 0 saturated heterocycles. The third-order valence-corrected chi connectivity index (χ3v) is 9.84. The van der Waals surface area contributed by atoms with Crippen LogP contribution in [0.25, 0.3) is 98.4 Å². The highest BCUT2D eigenvalue weighted by Gasteiger charge is 2.22. The van der Waals surface area contributed by atoms with Crippen LogP contribution >= 0.6 is 0 Å². The third kappa shape index (κ3) is 3.97. The summed E-state index contributed by atoms with van der Waals surface area (Å²) in [5.74, 6) is 0. The summed E-state index contributed by atoms with van der Waals surface area (Å²) in [7, 11) is 0. The lowest BCUT2D eigenvalue weighted by atomic mass is 9.82.